The van der Waals surface area contributed by atoms with E-state index in [9.17, 15) is 14.7 Å². The third-order valence-corrected chi connectivity index (χ3v) is 5.27. The molecule has 2 aliphatic heterocycles. The van der Waals surface area contributed by atoms with Crippen LogP contribution in [0.5, 0.6) is 0 Å². The molecular formula is C16H20N2O4S. The van der Waals surface area contributed by atoms with Crippen LogP contribution in [0.15, 0.2) is 30.3 Å². The number of rotatable bonds is 6. The van der Waals surface area contributed by atoms with Gasteiger partial charge in [0.2, 0.25) is 0 Å². The van der Waals surface area contributed by atoms with Crippen LogP contribution in [0.2, 0.25) is 0 Å². The van der Waals surface area contributed by atoms with Crippen LogP contribution in [0.25, 0.3) is 0 Å². The number of ether oxygens (including phenoxy) is 1. The highest BCUT2D eigenvalue weighted by Crippen LogP contribution is 2.33. The number of nitrogens with one attached hydrogen (secondary N) is 1. The number of hydrogen-bond acceptors (Lipinski definition) is 5. The number of amides is 3. The summed E-state index contributed by atoms with van der Waals surface area (Å²) in [5.41, 5.74) is 0.253. The highest BCUT2D eigenvalue weighted by atomic mass is 32.2. The Morgan fingerprint density at radius 2 is 2.13 bits per heavy atom. The van der Waals surface area contributed by atoms with Gasteiger partial charge in [-0.1, -0.05) is 30.3 Å². The van der Waals surface area contributed by atoms with E-state index in [4.69, 9.17) is 4.74 Å². The van der Waals surface area contributed by atoms with E-state index in [1.165, 1.54) is 0 Å². The molecule has 0 aromatic heterocycles. The van der Waals surface area contributed by atoms with Gasteiger partial charge in [-0.05, 0) is 17.7 Å². The summed E-state index contributed by atoms with van der Waals surface area (Å²) in [7, 11) is 0. The van der Waals surface area contributed by atoms with Gasteiger partial charge in [0, 0.05) is 5.75 Å². The minimum atomic E-state index is -0.891. The molecule has 2 fully saturated rings. The monoisotopic (exact) mass is 336 g/mol. The highest BCUT2D eigenvalue weighted by Gasteiger charge is 2.53. The van der Waals surface area contributed by atoms with Crippen molar-refractivity contribution in [3.05, 3.63) is 35.9 Å². The summed E-state index contributed by atoms with van der Waals surface area (Å²) in [4.78, 5) is 25.6. The number of carbonyl (C=O) groups is 2. The summed E-state index contributed by atoms with van der Waals surface area (Å²) >= 11 is 1.66. The van der Waals surface area contributed by atoms with Crippen LogP contribution < -0.4 is 5.32 Å². The summed E-state index contributed by atoms with van der Waals surface area (Å²) in [5.74, 6) is 1.24. The van der Waals surface area contributed by atoms with Crippen LogP contribution in [0.3, 0.4) is 0 Å². The van der Waals surface area contributed by atoms with Gasteiger partial charge < -0.3 is 15.2 Å². The van der Waals surface area contributed by atoms with Crippen molar-refractivity contribution in [2.24, 2.45) is 0 Å². The zero-order valence-electron chi connectivity index (χ0n) is 12.7. The lowest BCUT2D eigenvalue weighted by atomic mass is 9.99. The third-order valence-electron chi connectivity index (χ3n) is 4.08. The van der Waals surface area contributed by atoms with Gasteiger partial charge in [-0.2, -0.15) is 11.8 Å². The topological polar surface area (TPSA) is 78.9 Å². The number of urea groups is 1. The van der Waals surface area contributed by atoms with E-state index < -0.39 is 17.7 Å². The zero-order chi connectivity index (χ0) is 16.3. The molecule has 2 aliphatic rings. The minimum Gasteiger partial charge on any atom is -0.389 e. The summed E-state index contributed by atoms with van der Waals surface area (Å²) in [6, 6.07) is 9.21. The lowest BCUT2D eigenvalue weighted by Gasteiger charge is -2.21. The Balaban J connectivity index is 1.49. The van der Waals surface area contributed by atoms with Gasteiger partial charge in [-0.3, -0.25) is 9.69 Å². The Hall–Kier alpha value is -1.57. The second-order valence-electron chi connectivity index (χ2n) is 5.89. The summed E-state index contributed by atoms with van der Waals surface area (Å²) in [6.07, 6.45) is -0.239. The van der Waals surface area contributed by atoms with E-state index in [1.54, 1.807) is 11.8 Å². The lowest BCUT2D eigenvalue weighted by Crippen LogP contribution is -2.47. The molecule has 1 aromatic rings. The quantitative estimate of drug-likeness (QED) is 0.758. The average molecular weight is 336 g/mol. The number of thioether (sulfide) groups is 1. The van der Waals surface area contributed by atoms with Crippen LogP contribution in [0.1, 0.15) is 12.0 Å². The molecule has 2 saturated heterocycles. The molecule has 7 heteroatoms. The molecule has 0 radical (unpaired) electrons. The maximum absolute atomic E-state index is 12.4. The van der Waals surface area contributed by atoms with E-state index in [-0.39, 0.29) is 19.1 Å². The number of β-amino-alcohol motifs (C(OH)–C–C–N with tert-alkyl or cyclic N) is 1. The van der Waals surface area contributed by atoms with Gasteiger partial charge in [0.25, 0.3) is 5.91 Å². The standard InChI is InChI=1S/C16H20N2O4S/c19-13(10-22-9-12-4-2-1-3-5-12)8-18-14(20)16(17-15(18)21)6-7-23-11-16/h1-5,13,19H,6-11H2,(H,17,21)/t13-,16-/m0/s1. The van der Waals surface area contributed by atoms with Crippen LogP contribution >= 0.6 is 11.8 Å². The van der Waals surface area contributed by atoms with Gasteiger partial charge >= 0.3 is 6.03 Å². The van der Waals surface area contributed by atoms with Gasteiger partial charge in [0.15, 0.2) is 0 Å². The fraction of sp³-hybridized carbons (Fsp3) is 0.500. The SMILES string of the molecule is O=C1N[C@]2(CCSC2)C(=O)N1C[C@H](O)COCc1ccccc1. The van der Waals surface area contributed by atoms with E-state index in [0.717, 1.165) is 16.2 Å². The van der Waals surface area contributed by atoms with Crippen LogP contribution in [-0.2, 0) is 16.1 Å². The second-order valence-corrected chi connectivity index (χ2v) is 6.99. The summed E-state index contributed by atoms with van der Waals surface area (Å²) < 4.78 is 5.46. The molecule has 3 amide bonds. The van der Waals surface area contributed by atoms with Crippen molar-refractivity contribution in [2.45, 2.75) is 24.7 Å². The van der Waals surface area contributed by atoms with Crippen molar-refractivity contribution < 1.29 is 19.4 Å². The highest BCUT2D eigenvalue weighted by molar-refractivity contribution is 7.99. The fourth-order valence-electron chi connectivity index (χ4n) is 2.82. The number of aliphatic hydroxyl groups is 1. The van der Waals surface area contributed by atoms with Gasteiger partial charge in [-0.25, -0.2) is 4.79 Å². The first-order valence-corrected chi connectivity index (χ1v) is 8.78. The number of imide groups is 1. The molecule has 0 saturated carbocycles. The van der Waals surface area contributed by atoms with E-state index in [1.807, 2.05) is 30.3 Å². The first-order valence-electron chi connectivity index (χ1n) is 7.62. The number of hydrogen-bond donors (Lipinski definition) is 2. The lowest BCUT2D eigenvalue weighted by molar-refractivity contribution is -0.131. The Labute approximate surface area is 139 Å². The molecule has 3 rings (SSSR count). The molecule has 2 atom stereocenters. The Morgan fingerprint density at radius 3 is 2.83 bits per heavy atom. The summed E-state index contributed by atoms with van der Waals surface area (Å²) in [5, 5.41) is 12.8. The van der Waals surface area contributed by atoms with Gasteiger partial charge in [-0.15, -0.1) is 0 Å². The third kappa shape index (κ3) is 3.52. The molecule has 2 heterocycles. The van der Waals surface area contributed by atoms with E-state index >= 15 is 0 Å². The Bertz CT molecular complexity index is 575. The Morgan fingerprint density at radius 1 is 1.35 bits per heavy atom. The molecule has 6 nitrogen and oxygen atoms in total. The first-order chi connectivity index (χ1) is 11.1. The largest absolute Gasteiger partial charge is 0.389 e. The molecule has 124 valence electrons. The van der Waals surface area contributed by atoms with Crippen molar-refractivity contribution in [2.75, 3.05) is 24.7 Å². The normalized spacial score (nSPS) is 25.2. The Kier molecular flexibility index (Phi) is 4.89. The van der Waals surface area contributed by atoms with Crippen molar-refractivity contribution >= 4 is 23.7 Å². The van der Waals surface area contributed by atoms with Crippen molar-refractivity contribution in [1.82, 2.24) is 10.2 Å². The van der Waals surface area contributed by atoms with Crippen molar-refractivity contribution in [3.63, 3.8) is 0 Å². The molecule has 0 aliphatic carbocycles. The maximum atomic E-state index is 12.4. The smallest absolute Gasteiger partial charge is 0.325 e. The second kappa shape index (κ2) is 6.90. The molecule has 0 unspecified atom stereocenters. The number of aliphatic hydroxyl groups excluding tert-OH is 1. The van der Waals surface area contributed by atoms with Crippen LogP contribution in [-0.4, -0.2) is 58.2 Å². The molecule has 23 heavy (non-hydrogen) atoms. The number of carbonyl (C=O) groups excluding carboxylic acids is 2. The maximum Gasteiger partial charge on any atom is 0.325 e. The number of nitrogens with zero attached hydrogens (tertiary/aromatic N) is 1. The van der Waals surface area contributed by atoms with Crippen molar-refractivity contribution in [1.29, 1.82) is 0 Å². The molecular weight excluding hydrogens is 316 g/mol. The molecule has 1 aromatic carbocycles. The average Bonchev–Trinajstić information content (AvgIpc) is 3.10. The van der Waals surface area contributed by atoms with Crippen molar-refractivity contribution in [3.8, 4) is 0 Å². The molecule has 0 bridgehead atoms. The van der Waals surface area contributed by atoms with Gasteiger partial charge in [0.1, 0.15) is 5.54 Å². The molecule has 2 N–H and O–H groups in total. The minimum absolute atomic E-state index is 0.0358. The van der Waals surface area contributed by atoms with Crippen LogP contribution in [0, 0.1) is 0 Å². The summed E-state index contributed by atoms with van der Waals surface area (Å²) in [6.45, 7) is 0.429. The first kappa shape index (κ1) is 16.3. The van der Waals surface area contributed by atoms with E-state index in [2.05, 4.69) is 5.32 Å². The predicted molar refractivity (Wildman–Crippen MR) is 87.0 cm³/mol. The zero-order valence-corrected chi connectivity index (χ0v) is 13.6. The van der Waals surface area contributed by atoms with Crippen LogP contribution in [0.4, 0.5) is 4.79 Å². The fourth-order valence-corrected chi connectivity index (χ4v) is 4.15. The predicted octanol–water partition coefficient (Wildman–Crippen LogP) is 0.992. The molecule has 1 spiro atoms. The number of benzene rings is 1. The van der Waals surface area contributed by atoms with Gasteiger partial charge in [0.05, 0.1) is 25.9 Å². The van der Waals surface area contributed by atoms with E-state index in [0.29, 0.717) is 18.8 Å².